The quantitative estimate of drug-likeness (QED) is 0.204. The highest BCUT2D eigenvalue weighted by Gasteiger charge is 2.07. The number of hydrogen-bond donors (Lipinski definition) is 0. The Hall–Kier alpha value is -3.34. The van der Waals surface area contributed by atoms with Crippen LogP contribution in [0.2, 0.25) is 0 Å². The molecule has 0 bridgehead atoms. The molecule has 0 aliphatic rings. The number of carbonyl (C=O) groups is 2. The van der Waals surface area contributed by atoms with Crippen molar-refractivity contribution in [2.24, 2.45) is 0 Å². The lowest BCUT2D eigenvalue weighted by Gasteiger charge is -2.10. The van der Waals surface area contributed by atoms with Gasteiger partial charge in [-0.25, -0.2) is 4.79 Å². The number of allylic oxidation sites excluding steroid dienone is 1. The molecule has 2 aromatic rings. The average molecular weight is 380 g/mol. The number of methoxy groups -OCH3 is 2. The van der Waals surface area contributed by atoms with Gasteiger partial charge < -0.3 is 14.2 Å². The van der Waals surface area contributed by atoms with Crippen LogP contribution in [-0.2, 0) is 20.7 Å². The van der Waals surface area contributed by atoms with Crippen LogP contribution < -0.4 is 9.47 Å². The Labute approximate surface area is 165 Å². The Morgan fingerprint density at radius 3 is 2.43 bits per heavy atom. The fraction of sp³-hybridized carbons (Fsp3) is 0.217. The fourth-order valence-electron chi connectivity index (χ4n) is 2.67. The lowest BCUT2D eigenvalue weighted by atomic mass is 10.0. The molecule has 0 heterocycles. The molecule has 5 nitrogen and oxygen atoms in total. The van der Waals surface area contributed by atoms with E-state index in [-0.39, 0.29) is 0 Å². The van der Waals surface area contributed by atoms with E-state index in [1.807, 2.05) is 42.5 Å². The molecule has 5 heteroatoms. The summed E-state index contributed by atoms with van der Waals surface area (Å²) < 4.78 is 15.6. The second kappa shape index (κ2) is 10.7. The van der Waals surface area contributed by atoms with E-state index in [9.17, 15) is 9.59 Å². The van der Waals surface area contributed by atoms with Gasteiger partial charge in [0.25, 0.3) is 0 Å². The first-order valence-electron chi connectivity index (χ1n) is 8.88. The Morgan fingerprint density at radius 2 is 1.82 bits per heavy atom. The third kappa shape index (κ3) is 5.84. The third-order valence-corrected chi connectivity index (χ3v) is 4.18. The predicted octanol–water partition coefficient (Wildman–Crippen LogP) is 4.11. The van der Waals surface area contributed by atoms with Gasteiger partial charge in [0.05, 0.1) is 20.8 Å². The average Bonchev–Trinajstić information content (AvgIpc) is 2.75. The molecule has 0 amide bonds. The molecule has 0 aromatic heterocycles. The summed E-state index contributed by atoms with van der Waals surface area (Å²) in [7, 11) is 3.19. The smallest absolute Gasteiger partial charge is 0.330 e. The molecule has 0 unspecified atom stereocenters. The minimum atomic E-state index is -0.419. The Bertz CT molecular complexity index is 850. The number of carbonyl (C=O) groups excluding carboxylic acids is 2. The lowest BCUT2D eigenvalue weighted by Crippen LogP contribution is -2.03. The van der Waals surface area contributed by atoms with Crippen molar-refractivity contribution in [2.45, 2.75) is 12.8 Å². The zero-order valence-electron chi connectivity index (χ0n) is 16.1. The molecule has 2 rings (SSSR count). The van der Waals surface area contributed by atoms with Crippen molar-refractivity contribution in [1.82, 2.24) is 0 Å². The summed E-state index contributed by atoms with van der Waals surface area (Å²) in [4.78, 5) is 22.6. The van der Waals surface area contributed by atoms with Crippen LogP contribution in [-0.4, -0.2) is 33.1 Å². The van der Waals surface area contributed by atoms with Crippen molar-refractivity contribution in [3.05, 3.63) is 71.8 Å². The molecule has 0 N–H and O–H groups in total. The molecule has 0 atom stereocenters. The van der Waals surface area contributed by atoms with Gasteiger partial charge in [-0.15, -0.1) is 0 Å². The van der Waals surface area contributed by atoms with E-state index in [0.717, 1.165) is 41.2 Å². The van der Waals surface area contributed by atoms with Gasteiger partial charge >= 0.3 is 5.97 Å². The normalized spacial score (nSPS) is 10.9. The standard InChI is InChI=1S/C23H24O5/c1-4-23(25)28-13-5-6-17-7-8-19(22(14-17)27-3)15-20(16-24)18-9-11-21(26-2)12-10-18/h4,7-12,14-16H,1,5-6,13H2,2-3H3/b20-15+. The first kappa shape index (κ1) is 21.0. The molecule has 0 saturated heterocycles. The molecule has 2 aromatic carbocycles. The topological polar surface area (TPSA) is 61.8 Å². The molecular weight excluding hydrogens is 356 g/mol. The number of aryl methyl sites for hydroxylation is 1. The van der Waals surface area contributed by atoms with E-state index in [1.165, 1.54) is 0 Å². The third-order valence-electron chi connectivity index (χ3n) is 4.18. The maximum absolute atomic E-state index is 11.6. The zero-order valence-corrected chi connectivity index (χ0v) is 16.1. The second-order valence-electron chi connectivity index (χ2n) is 6.00. The number of rotatable bonds is 10. The van der Waals surface area contributed by atoms with Crippen LogP contribution in [0.4, 0.5) is 0 Å². The molecule has 0 spiro atoms. The SMILES string of the molecule is C=CC(=O)OCCCc1ccc(/C=C(\C=O)c2ccc(OC)cc2)c(OC)c1. The van der Waals surface area contributed by atoms with Gasteiger partial charge in [0.1, 0.15) is 11.5 Å². The van der Waals surface area contributed by atoms with E-state index in [2.05, 4.69) is 6.58 Å². The molecule has 0 aliphatic heterocycles. The lowest BCUT2D eigenvalue weighted by molar-refractivity contribution is -0.137. The monoisotopic (exact) mass is 380 g/mol. The molecule has 0 saturated carbocycles. The number of benzene rings is 2. The van der Waals surface area contributed by atoms with Crippen LogP contribution in [0.1, 0.15) is 23.1 Å². The number of hydrogen-bond acceptors (Lipinski definition) is 5. The molecule has 28 heavy (non-hydrogen) atoms. The Kier molecular flexibility index (Phi) is 8.03. The summed E-state index contributed by atoms with van der Waals surface area (Å²) in [6.45, 7) is 3.70. The van der Waals surface area contributed by atoms with Crippen molar-refractivity contribution < 1.29 is 23.8 Å². The van der Waals surface area contributed by atoms with Crippen molar-refractivity contribution >= 4 is 23.9 Å². The van der Waals surface area contributed by atoms with Gasteiger partial charge in [-0.2, -0.15) is 0 Å². The fourth-order valence-corrected chi connectivity index (χ4v) is 2.67. The van der Waals surface area contributed by atoms with E-state index in [1.54, 1.807) is 20.3 Å². The highest BCUT2D eigenvalue weighted by Crippen LogP contribution is 2.26. The van der Waals surface area contributed by atoms with E-state index < -0.39 is 5.97 Å². The highest BCUT2D eigenvalue weighted by molar-refractivity contribution is 6.13. The Morgan fingerprint density at radius 1 is 1.07 bits per heavy atom. The first-order valence-corrected chi connectivity index (χ1v) is 8.88. The molecule has 146 valence electrons. The van der Waals surface area contributed by atoms with Crippen LogP contribution in [0.3, 0.4) is 0 Å². The van der Waals surface area contributed by atoms with Gasteiger partial charge in [-0.1, -0.05) is 30.8 Å². The first-order chi connectivity index (χ1) is 13.6. The summed E-state index contributed by atoms with van der Waals surface area (Å²) in [6, 6.07) is 13.1. The van der Waals surface area contributed by atoms with Gasteiger partial charge in [-0.05, 0) is 48.2 Å². The number of aldehydes is 1. The van der Waals surface area contributed by atoms with Crippen LogP contribution in [0.15, 0.2) is 55.1 Å². The van der Waals surface area contributed by atoms with Crippen LogP contribution >= 0.6 is 0 Å². The minimum Gasteiger partial charge on any atom is -0.497 e. The number of ether oxygens (including phenoxy) is 3. The van der Waals surface area contributed by atoms with Gasteiger partial charge in [-0.3, -0.25) is 4.79 Å². The Balaban J connectivity index is 2.15. The summed E-state index contributed by atoms with van der Waals surface area (Å²) in [6.07, 6.45) is 5.21. The molecule has 0 fully saturated rings. The summed E-state index contributed by atoms with van der Waals surface area (Å²) in [5, 5.41) is 0. The molecule has 0 aliphatic carbocycles. The molecule has 0 radical (unpaired) electrons. The maximum Gasteiger partial charge on any atom is 0.330 e. The van der Waals surface area contributed by atoms with Crippen molar-refractivity contribution in [3.8, 4) is 11.5 Å². The predicted molar refractivity (Wildman–Crippen MR) is 109 cm³/mol. The second-order valence-corrected chi connectivity index (χ2v) is 6.00. The highest BCUT2D eigenvalue weighted by atomic mass is 16.5. The van der Waals surface area contributed by atoms with Crippen LogP contribution in [0.25, 0.3) is 11.6 Å². The van der Waals surface area contributed by atoms with E-state index >= 15 is 0 Å². The summed E-state index contributed by atoms with van der Waals surface area (Å²) in [5.74, 6) is 0.987. The zero-order chi connectivity index (χ0) is 20.4. The summed E-state index contributed by atoms with van der Waals surface area (Å²) >= 11 is 0. The van der Waals surface area contributed by atoms with E-state index in [4.69, 9.17) is 14.2 Å². The number of esters is 1. The van der Waals surface area contributed by atoms with Gasteiger partial charge in [0.2, 0.25) is 0 Å². The maximum atomic E-state index is 11.6. The largest absolute Gasteiger partial charge is 0.497 e. The van der Waals surface area contributed by atoms with Crippen LogP contribution in [0.5, 0.6) is 11.5 Å². The van der Waals surface area contributed by atoms with Gasteiger partial charge in [0.15, 0.2) is 6.29 Å². The van der Waals surface area contributed by atoms with Crippen LogP contribution in [0, 0.1) is 0 Å². The minimum absolute atomic E-state index is 0.335. The van der Waals surface area contributed by atoms with Crippen molar-refractivity contribution in [2.75, 3.05) is 20.8 Å². The molecular formula is C23H24O5. The van der Waals surface area contributed by atoms with Crippen molar-refractivity contribution in [3.63, 3.8) is 0 Å². The van der Waals surface area contributed by atoms with Crippen molar-refractivity contribution in [1.29, 1.82) is 0 Å². The van der Waals surface area contributed by atoms with Gasteiger partial charge in [0, 0.05) is 17.2 Å². The summed E-state index contributed by atoms with van der Waals surface area (Å²) in [5.41, 5.74) is 3.21. The van der Waals surface area contributed by atoms with E-state index in [0.29, 0.717) is 24.4 Å².